The molecule has 0 radical (unpaired) electrons. The number of fused-ring (bicyclic) bond motifs is 1. The Balaban J connectivity index is 1.96. The molecule has 0 atom stereocenters. The highest BCUT2D eigenvalue weighted by molar-refractivity contribution is 5.85. The lowest BCUT2D eigenvalue weighted by atomic mass is 9.89. The third-order valence-electron chi connectivity index (χ3n) is 3.78. The van der Waals surface area contributed by atoms with Crippen LogP contribution in [0.4, 0.5) is 0 Å². The lowest BCUT2D eigenvalue weighted by Gasteiger charge is -2.24. The van der Waals surface area contributed by atoms with Crippen LogP contribution in [-0.4, -0.2) is 20.3 Å². The summed E-state index contributed by atoms with van der Waals surface area (Å²) in [5.74, 6) is 0. The molecule has 0 spiro atoms. The minimum absolute atomic E-state index is 0.264. The van der Waals surface area contributed by atoms with Crippen molar-refractivity contribution in [3.8, 4) is 0 Å². The third-order valence-corrected chi connectivity index (χ3v) is 3.78. The Bertz CT molecular complexity index is 543. The highest BCUT2D eigenvalue weighted by Crippen LogP contribution is 2.21. The van der Waals surface area contributed by atoms with Crippen LogP contribution >= 0.6 is 0 Å². The van der Waals surface area contributed by atoms with E-state index in [1.165, 1.54) is 16.3 Å². The molecule has 0 aromatic heterocycles. The molecule has 0 unspecified atom stereocenters. The van der Waals surface area contributed by atoms with Gasteiger partial charge in [-0.3, -0.25) is 0 Å². The second kappa shape index (κ2) is 6.87. The molecule has 0 aliphatic rings. The molecule has 0 saturated heterocycles. The predicted molar refractivity (Wildman–Crippen MR) is 85.9 cm³/mol. The fourth-order valence-corrected chi connectivity index (χ4v) is 2.45. The molecular weight excluding hydrogens is 246 g/mol. The lowest BCUT2D eigenvalue weighted by molar-refractivity contribution is 0.150. The Labute approximate surface area is 122 Å². The van der Waals surface area contributed by atoms with Crippen LogP contribution in [0.15, 0.2) is 42.5 Å². The van der Waals surface area contributed by atoms with Crippen molar-refractivity contribution in [2.45, 2.75) is 26.8 Å². The van der Waals surface area contributed by atoms with E-state index in [-0.39, 0.29) is 5.41 Å². The van der Waals surface area contributed by atoms with E-state index in [4.69, 9.17) is 4.74 Å². The molecule has 2 heteroatoms. The van der Waals surface area contributed by atoms with Gasteiger partial charge in [0.15, 0.2) is 0 Å². The first-order valence-electron chi connectivity index (χ1n) is 7.29. The van der Waals surface area contributed by atoms with Crippen molar-refractivity contribution >= 4 is 10.8 Å². The molecule has 0 fully saturated rings. The Morgan fingerprint density at radius 3 is 2.60 bits per heavy atom. The van der Waals surface area contributed by atoms with Gasteiger partial charge in [0.2, 0.25) is 0 Å². The minimum atomic E-state index is 0.264. The summed E-state index contributed by atoms with van der Waals surface area (Å²) in [6, 6.07) is 15.1. The predicted octanol–water partition coefficient (Wildman–Crippen LogP) is 3.99. The quantitative estimate of drug-likeness (QED) is 0.822. The molecule has 0 bridgehead atoms. The smallest absolute Gasteiger partial charge is 0.0467 e. The summed E-state index contributed by atoms with van der Waals surface area (Å²) in [5, 5.41) is 6.24. The number of hydrogen-bond donors (Lipinski definition) is 1. The van der Waals surface area contributed by atoms with Crippen molar-refractivity contribution in [3.05, 3.63) is 48.0 Å². The molecular formula is C18H25NO. The van der Waals surface area contributed by atoms with E-state index in [2.05, 4.69) is 61.6 Å². The van der Waals surface area contributed by atoms with Gasteiger partial charge >= 0.3 is 0 Å². The summed E-state index contributed by atoms with van der Waals surface area (Å²) in [5.41, 5.74) is 1.63. The summed E-state index contributed by atoms with van der Waals surface area (Å²) in [4.78, 5) is 0. The van der Waals surface area contributed by atoms with Crippen molar-refractivity contribution < 1.29 is 4.74 Å². The van der Waals surface area contributed by atoms with Crippen molar-refractivity contribution in [1.29, 1.82) is 0 Å². The van der Waals surface area contributed by atoms with Gasteiger partial charge < -0.3 is 10.1 Å². The van der Waals surface area contributed by atoms with Gasteiger partial charge in [-0.2, -0.15) is 0 Å². The molecule has 2 nitrogen and oxygen atoms in total. The van der Waals surface area contributed by atoms with Crippen molar-refractivity contribution in [2.75, 3.05) is 20.3 Å². The second-order valence-electron chi connectivity index (χ2n) is 6.15. The van der Waals surface area contributed by atoms with Crippen molar-refractivity contribution in [3.63, 3.8) is 0 Å². The van der Waals surface area contributed by atoms with E-state index in [0.29, 0.717) is 0 Å². The van der Waals surface area contributed by atoms with Gasteiger partial charge in [-0.15, -0.1) is 0 Å². The maximum absolute atomic E-state index is 5.17. The summed E-state index contributed by atoms with van der Waals surface area (Å²) in [7, 11) is 1.76. The second-order valence-corrected chi connectivity index (χ2v) is 6.15. The van der Waals surface area contributed by atoms with Crippen LogP contribution in [0.2, 0.25) is 0 Å². The Kier molecular flexibility index (Phi) is 5.16. The highest BCUT2D eigenvalue weighted by Gasteiger charge is 2.16. The van der Waals surface area contributed by atoms with E-state index in [1.807, 2.05) is 0 Å². The number of hydrogen-bond acceptors (Lipinski definition) is 2. The topological polar surface area (TPSA) is 21.3 Å². The number of rotatable bonds is 7. The summed E-state index contributed by atoms with van der Waals surface area (Å²) in [6.07, 6.45) is 1.08. The van der Waals surface area contributed by atoms with E-state index >= 15 is 0 Å². The monoisotopic (exact) mass is 271 g/mol. The maximum Gasteiger partial charge on any atom is 0.0467 e. The average molecular weight is 271 g/mol. The molecule has 108 valence electrons. The van der Waals surface area contributed by atoms with Gasteiger partial charge in [-0.25, -0.2) is 0 Å². The molecule has 0 aliphatic carbocycles. The fraction of sp³-hybridized carbons (Fsp3) is 0.444. The zero-order valence-electron chi connectivity index (χ0n) is 12.8. The van der Waals surface area contributed by atoms with Crippen LogP contribution in [0.3, 0.4) is 0 Å². The van der Waals surface area contributed by atoms with Gasteiger partial charge in [-0.1, -0.05) is 56.3 Å². The summed E-state index contributed by atoms with van der Waals surface area (Å²) < 4.78 is 5.17. The van der Waals surface area contributed by atoms with Crippen LogP contribution in [0, 0.1) is 5.41 Å². The SMILES string of the molecule is COCCC(C)(C)CNCc1cccc2ccccc12. The zero-order chi connectivity index (χ0) is 14.4. The normalized spacial score (nSPS) is 11.9. The van der Waals surface area contributed by atoms with Gasteiger partial charge in [0.05, 0.1) is 0 Å². The van der Waals surface area contributed by atoms with Crippen molar-refractivity contribution in [1.82, 2.24) is 5.32 Å². The molecule has 1 N–H and O–H groups in total. The first-order valence-corrected chi connectivity index (χ1v) is 7.29. The lowest BCUT2D eigenvalue weighted by Crippen LogP contribution is -2.30. The molecule has 2 rings (SSSR count). The van der Waals surface area contributed by atoms with E-state index in [1.54, 1.807) is 7.11 Å². The van der Waals surface area contributed by atoms with Crippen LogP contribution in [-0.2, 0) is 11.3 Å². The van der Waals surface area contributed by atoms with Gasteiger partial charge in [0.25, 0.3) is 0 Å². The molecule has 0 amide bonds. The van der Waals surface area contributed by atoms with Crippen LogP contribution in [0.25, 0.3) is 10.8 Å². The Morgan fingerprint density at radius 1 is 1.05 bits per heavy atom. The number of ether oxygens (including phenoxy) is 1. The largest absolute Gasteiger partial charge is 0.385 e. The molecule has 2 aromatic rings. The number of benzene rings is 2. The number of nitrogens with one attached hydrogen (secondary N) is 1. The Hall–Kier alpha value is -1.38. The standard InChI is InChI=1S/C18H25NO/c1-18(2,11-12-20-3)14-19-13-16-9-6-8-15-7-4-5-10-17(15)16/h4-10,19H,11-14H2,1-3H3. The molecule has 20 heavy (non-hydrogen) atoms. The fourth-order valence-electron chi connectivity index (χ4n) is 2.45. The first-order chi connectivity index (χ1) is 9.62. The molecule has 2 aromatic carbocycles. The van der Waals surface area contributed by atoms with E-state index in [0.717, 1.165) is 26.1 Å². The molecule has 0 saturated carbocycles. The highest BCUT2D eigenvalue weighted by atomic mass is 16.5. The van der Waals surface area contributed by atoms with E-state index < -0.39 is 0 Å². The average Bonchev–Trinajstić information content (AvgIpc) is 2.45. The van der Waals surface area contributed by atoms with Crippen LogP contribution in [0.5, 0.6) is 0 Å². The third kappa shape index (κ3) is 4.06. The summed E-state index contributed by atoms with van der Waals surface area (Å²) in [6.45, 7) is 7.30. The minimum Gasteiger partial charge on any atom is -0.385 e. The summed E-state index contributed by atoms with van der Waals surface area (Å²) >= 11 is 0. The van der Waals surface area contributed by atoms with Gasteiger partial charge in [0.1, 0.15) is 0 Å². The molecule has 0 heterocycles. The zero-order valence-corrected chi connectivity index (χ0v) is 12.8. The number of methoxy groups -OCH3 is 1. The first kappa shape index (κ1) is 15.0. The van der Waals surface area contributed by atoms with Gasteiger partial charge in [0, 0.05) is 26.8 Å². The van der Waals surface area contributed by atoms with Crippen LogP contribution < -0.4 is 5.32 Å². The van der Waals surface area contributed by atoms with Crippen molar-refractivity contribution in [2.24, 2.45) is 5.41 Å². The van der Waals surface area contributed by atoms with Gasteiger partial charge in [-0.05, 0) is 28.2 Å². The Morgan fingerprint density at radius 2 is 1.80 bits per heavy atom. The maximum atomic E-state index is 5.17. The van der Waals surface area contributed by atoms with Crippen LogP contribution in [0.1, 0.15) is 25.8 Å². The van der Waals surface area contributed by atoms with E-state index in [9.17, 15) is 0 Å². The molecule has 0 aliphatic heterocycles.